The van der Waals surface area contributed by atoms with Gasteiger partial charge in [0.25, 0.3) is 0 Å². The highest BCUT2D eigenvalue weighted by atomic mass is 127. The molecule has 5 nitrogen and oxygen atoms in total. The Bertz CT molecular complexity index is 597. The number of guanidine groups is 1. The second kappa shape index (κ2) is 12.7. The lowest BCUT2D eigenvalue weighted by atomic mass is 10.2. The molecule has 8 heteroatoms. The lowest BCUT2D eigenvalue weighted by molar-refractivity contribution is 0.172. The number of nitrogens with zero attached hydrogens (tertiary/aromatic N) is 3. The van der Waals surface area contributed by atoms with E-state index in [1.807, 2.05) is 17.8 Å². The molecule has 1 saturated heterocycles. The maximum Gasteiger partial charge on any atom is 0.194 e. The van der Waals surface area contributed by atoms with Crippen molar-refractivity contribution in [2.75, 3.05) is 52.6 Å². The summed E-state index contributed by atoms with van der Waals surface area (Å²) in [6.45, 7) is 10.5. The largest absolute Gasteiger partial charge is 0.494 e. The fourth-order valence-corrected chi connectivity index (χ4v) is 3.12. The highest BCUT2D eigenvalue weighted by Gasteiger charge is 2.20. The van der Waals surface area contributed by atoms with Gasteiger partial charge >= 0.3 is 0 Å². The van der Waals surface area contributed by atoms with Crippen molar-refractivity contribution in [2.24, 2.45) is 4.99 Å². The number of aliphatic imine (C=N–C) groups is 1. The van der Waals surface area contributed by atoms with Crippen LogP contribution in [-0.2, 0) is 6.54 Å². The van der Waals surface area contributed by atoms with Crippen LogP contribution in [0.25, 0.3) is 0 Å². The van der Waals surface area contributed by atoms with Crippen molar-refractivity contribution in [1.29, 1.82) is 0 Å². The smallest absolute Gasteiger partial charge is 0.194 e. The van der Waals surface area contributed by atoms with E-state index in [-0.39, 0.29) is 29.8 Å². The summed E-state index contributed by atoms with van der Waals surface area (Å²) < 4.78 is 18.8. The number of rotatable bonds is 7. The summed E-state index contributed by atoms with van der Waals surface area (Å²) in [5.74, 6) is 1.00. The van der Waals surface area contributed by atoms with Gasteiger partial charge in [-0.3, -0.25) is 9.89 Å². The standard InChI is InChI=1S/C19H31FN4OS.HI/c1-5-21-19(22-13-15(2)26-4)24-10-8-23(9-11-24)14-16-6-7-18(25-3)17(20)12-16;/h6-7,12,15H,5,8-11,13-14H2,1-4H3,(H,21,22);1H. The SMILES string of the molecule is CCNC(=NCC(C)SC)N1CCN(Cc2ccc(OC)c(F)c2)CC1.I. The number of piperazine rings is 1. The molecule has 27 heavy (non-hydrogen) atoms. The van der Waals surface area contributed by atoms with E-state index in [4.69, 9.17) is 9.73 Å². The predicted octanol–water partition coefficient (Wildman–Crippen LogP) is 3.29. The lowest BCUT2D eigenvalue weighted by Gasteiger charge is -2.36. The van der Waals surface area contributed by atoms with E-state index in [1.54, 1.807) is 12.1 Å². The summed E-state index contributed by atoms with van der Waals surface area (Å²) in [6, 6.07) is 5.20. The van der Waals surface area contributed by atoms with Gasteiger partial charge in [-0.05, 0) is 30.9 Å². The van der Waals surface area contributed by atoms with Gasteiger partial charge in [0, 0.05) is 44.5 Å². The Morgan fingerprint density at radius 2 is 2.04 bits per heavy atom. The van der Waals surface area contributed by atoms with Crippen molar-refractivity contribution in [3.63, 3.8) is 0 Å². The highest BCUT2D eigenvalue weighted by molar-refractivity contribution is 14.0. The summed E-state index contributed by atoms with van der Waals surface area (Å²) in [6.07, 6.45) is 2.12. The normalized spacial score (nSPS) is 16.6. The van der Waals surface area contributed by atoms with Crippen LogP contribution < -0.4 is 10.1 Å². The van der Waals surface area contributed by atoms with Gasteiger partial charge in [0.2, 0.25) is 0 Å². The highest BCUT2D eigenvalue weighted by Crippen LogP contribution is 2.19. The van der Waals surface area contributed by atoms with E-state index in [0.29, 0.717) is 11.0 Å². The molecule has 2 rings (SSSR count). The summed E-state index contributed by atoms with van der Waals surface area (Å²) in [5, 5.41) is 3.92. The van der Waals surface area contributed by atoms with Crippen LogP contribution in [0.1, 0.15) is 19.4 Å². The van der Waals surface area contributed by atoms with Gasteiger partial charge in [0.1, 0.15) is 0 Å². The van der Waals surface area contributed by atoms with Gasteiger partial charge in [0.05, 0.1) is 13.7 Å². The van der Waals surface area contributed by atoms with Crippen molar-refractivity contribution >= 4 is 41.7 Å². The van der Waals surface area contributed by atoms with Gasteiger partial charge in [-0.2, -0.15) is 11.8 Å². The number of nitrogens with one attached hydrogen (secondary N) is 1. The number of halogens is 2. The summed E-state index contributed by atoms with van der Waals surface area (Å²) >= 11 is 1.84. The molecule has 1 aliphatic rings. The van der Waals surface area contributed by atoms with Crippen LogP contribution in [0.2, 0.25) is 0 Å². The summed E-state index contributed by atoms with van der Waals surface area (Å²) in [5.41, 5.74) is 0.978. The molecule has 1 aromatic rings. The second-order valence-electron chi connectivity index (χ2n) is 6.47. The van der Waals surface area contributed by atoms with Crippen LogP contribution in [0.15, 0.2) is 23.2 Å². The minimum atomic E-state index is -0.298. The molecule has 1 fully saturated rings. The van der Waals surface area contributed by atoms with Gasteiger partial charge in [0.15, 0.2) is 17.5 Å². The van der Waals surface area contributed by atoms with E-state index in [0.717, 1.165) is 57.3 Å². The Morgan fingerprint density at radius 3 is 2.59 bits per heavy atom. The second-order valence-corrected chi connectivity index (χ2v) is 7.75. The maximum atomic E-state index is 13.9. The van der Waals surface area contributed by atoms with E-state index < -0.39 is 0 Å². The molecule has 0 saturated carbocycles. The first-order valence-corrected chi connectivity index (χ1v) is 10.5. The third-order valence-electron chi connectivity index (χ3n) is 4.53. The molecule has 0 aliphatic carbocycles. The Hall–Kier alpha value is -0.740. The van der Waals surface area contributed by atoms with Gasteiger partial charge in [-0.15, -0.1) is 24.0 Å². The molecule has 0 aromatic heterocycles. The number of benzene rings is 1. The first-order valence-electron chi connectivity index (χ1n) is 9.18. The van der Waals surface area contributed by atoms with E-state index in [9.17, 15) is 4.39 Å². The van der Waals surface area contributed by atoms with Crippen LogP contribution >= 0.6 is 35.7 Å². The fourth-order valence-electron chi connectivity index (χ4n) is 2.90. The van der Waals surface area contributed by atoms with Crippen molar-refractivity contribution in [2.45, 2.75) is 25.6 Å². The van der Waals surface area contributed by atoms with Crippen LogP contribution in [-0.4, -0.2) is 73.6 Å². The van der Waals surface area contributed by atoms with E-state index >= 15 is 0 Å². The number of hydrogen-bond donors (Lipinski definition) is 1. The van der Waals surface area contributed by atoms with Crippen molar-refractivity contribution < 1.29 is 9.13 Å². The summed E-state index contributed by atoms with van der Waals surface area (Å²) in [7, 11) is 1.49. The Labute approximate surface area is 184 Å². The zero-order valence-electron chi connectivity index (χ0n) is 16.7. The molecule has 0 spiro atoms. The topological polar surface area (TPSA) is 40.1 Å². The molecule has 1 aromatic carbocycles. The number of hydrogen-bond acceptors (Lipinski definition) is 4. The number of thioether (sulfide) groups is 1. The molecule has 154 valence electrons. The maximum absolute atomic E-state index is 13.9. The van der Waals surface area contributed by atoms with Gasteiger partial charge in [-0.1, -0.05) is 13.0 Å². The van der Waals surface area contributed by atoms with Crippen molar-refractivity contribution in [3.05, 3.63) is 29.6 Å². The first-order chi connectivity index (χ1) is 12.6. The molecule has 1 atom stereocenters. The zero-order valence-corrected chi connectivity index (χ0v) is 19.9. The lowest BCUT2D eigenvalue weighted by Crippen LogP contribution is -2.52. The van der Waals surface area contributed by atoms with Crippen molar-refractivity contribution in [3.8, 4) is 5.75 Å². The van der Waals surface area contributed by atoms with Crippen LogP contribution in [0.5, 0.6) is 5.75 Å². The minimum Gasteiger partial charge on any atom is -0.494 e. The third kappa shape index (κ3) is 7.65. The summed E-state index contributed by atoms with van der Waals surface area (Å²) in [4.78, 5) is 9.45. The third-order valence-corrected chi connectivity index (χ3v) is 5.48. The Kier molecular flexibility index (Phi) is 11.4. The minimum absolute atomic E-state index is 0. The molecule has 0 radical (unpaired) electrons. The molecule has 0 bridgehead atoms. The molecule has 1 heterocycles. The molecular formula is C19H32FIN4OS. The molecule has 1 N–H and O–H groups in total. The molecule has 1 unspecified atom stereocenters. The first kappa shape index (κ1) is 24.3. The van der Waals surface area contributed by atoms with E-state index in [1.165, 1.54) is 7.11 Å². The van der Waals surface area contributed by atoms with Crippen LogP contribution in [0.4, 0.5) is 4.39 Å². The van der Waals surface area contributed by atoms with Gasteiger partial charge < -0.3 is 15.0 Å². The van der Waals surface area contributed by atoms with Gasteiger partial charge in [-0.25, -0.2) is 4.39 Å². The zero-order chi connectivity index (χ0) is 18.9. The van der Waals surface area contributed by atoms with Crippen LogP contribution in [0.3, 0.4) is 0 Å². The molecular weight excluding hydrogens is 478 g/mol. The van der Waals surface area contributed by atoms with Crippen molar-refractivity contribution in [1.82, 2.24) is 15.1 Å². The quantitative estimate of drug-likeness (QED) is 0.347. The Morgan fingerprint density at radius 1 is 1.33 bits per heavy atom. The predicted molar refractivity (Wildman–Crippen MR) is 124 cm³/mol. The monoisotopic (exact) mass is 510 g/mol. The number of methoxy groups -OCH3 is 1. The van der Waals surface area contributed by atoms with Crippen LogP contribution in [0, 0.1) is 5.82 Å². The average Bonchev–Trinajstić information content (AvgIpc) is 2.65. The Balaban J connectivity index is 0.00000364. The molecule has 0 amide bonds. The molecule has 1 aliphatic heterocycles. The average molecular weight is 510 g/mol. The van der Waals surface area contributed by atoms with E-state index in [2.05, 4.69) is 35.2 Å². The number of ether oxygens (including phenoxy) is 1. The fraction of sp³-hybridized carbons (Fsp3) is 0.632.